The molecule has 0 radical (unpaired) electrons. The number of carbonyl (C=O) groups is 2. The van der Waals surface area contributed by atoms with Crippen molar-refractivity contribution >= 4 is 17.5 Å². The molecule has 2 rings (SSSR count). The van der Waals surface area contributed by atoms with E-state index in [-0.39, 0.29) is 11.8 Å². The number of benzene rings is 1. The third kappa shape index (κ3) is 3.85. The molecule has 1 atom stereocenters. The predicted octanol–water partition coefficient (Wildman–Crippen LogP) is 2.38. The Morgan fingerprint density at radius 1 is 1.23 bits per heavy atom. The highest BCUT2D eigenvalue weighted by molar-refractivity contribution is 5.98. The second-order valence-electron chi connectivity index (χ2n) is 6.60. The van der Waals surface area contributed by atoms with Gasteiger partial charge in [0.05, 0.1) is 5.54 Å². The van der Waals surface area contributed by atoms with Crippen LogP contribution in [0.4, 0.5) is 5.69 Å². The first-order valence-corrected chi connectivity index (χ1v) is 7.80. The summed E-state index contributed by atoms with van der Waals surface area (Å²) in [4.78, 5) is 26.3. The fourth-order valence-corrected chi connectivity index (χ4v) is 2.55. The Balaban J connectivity index is 2.05. The van der Waals surface area contributed by atoms with Crippen LogP contribution in [0.1, 0.15) is 50.4 Å². The number of nitrogens with one attached hydrogen (secondary N) is 1. The number of carbonyl (C=O) groups excluding carboxylic acids is 2. The van der Waals surface area contributed by atoms with Gasteiger partial charge < -0.3 is 16.0 Å². The molecule has 3 N–H and O–H groups in total. The summed E-state index contributed by atoms with van der Waals surface area (Å²) in [5.41, 5.74) is 6.11. The lowest BCUT2D eigenvalue weighted by atomic mass is 10.0. The SMILES string of the molecule is CC1CCCCN1C(=O)c1ccc(NC(=O)C(C)(C)N)cc1. The Labute approximate surface area is 131 Å². The third-order valence-corrected chi connectivity index (χ3v) is 4.04. The van der Waals surface area contributed by atoms with Gasteiger partial charge in [0, 0.05) is 23.8 Å². The van der Waals surface area contributed by atoms with E-state index in [1.165, 1.54) is 6.42 Å². The van der Waals surface area contributed by atoms with Gasteiger partial charge in [-0.1, -0.05) is 0 Å². The Morgan fingerprint density at radius 2 is 1.86 bits per heavy atom. The Morgan fingerprint density at radius 3 is 2.41 bits per heavy atom. The number of rotatable bonds is 3. The van der Waals surface area contributed by atoms with Crippen LogP contribution < -0.4 is 11.1 Å². The number of amides is 2. The smallest absolute Gasteiger partial charge is 0.254 e. The topological polar surface area (TPSA) is 75.4 Å². The summed E-state index contributed by atoms with van der Waals surface area (Å²) >= 11 is 0. The van der Waals surface area contributed by atoms with Gasteiger partial charge in [0.1, 0.15) is 0 Å². The summed E-state index contributed by atoms with van der Waals surface area (Å²) in [6.45, 7) is 6.21. The van der Waals surface area contributed by atoms with Crippen LogP contribution in [0, 0.1) is 0 Å². The number of anilines is 1. The van der Waals surface area contributed by atoms with Crippen molar-refractivity contribution in [2.75, 3.05) is 11.9 Å². The number of hydrogen-bond acceptors (Lipinski definition) is 3. The fourth-order valence-electron chi connectivity index (χ4n) is 2.55. The summed E-state index contributed by atoms with van der Waals surface area (Å²) in [7, 11) is 0. The molecule has 0 aliphatic carbocycles. The van der Waals surface area contributed by atoms with E-state index in [1.54, 1.807) is 38.1 Å². The molecule has 0 saturated carbocycles. The molecule has 1 unspecified atom stereocenters. The lowest BCUT2D eigenvalue weighted by Crippen LogP contribution is -2.45. The van der Waals surface area contributed by atoms with E-state index in [9.17, 15) is 9.59 Å². The normalized spacial score (nSPS) is 18.9. The van der Waals surface area contributed by atoms with Gasteiger partial charge in [-0.2, -0.15) is 0 Å². The van der Waals surface area contributed by atoms with Gasteiger partial charge in [-0.25, -0.2) is 0 Å². The molecule has 0 spiro atoms. The van der Waals surface area contributed by atoms with Crippen LogP contribution in [0.15, 0.2) is 24.3 Å². The largest absolute Gasteiger partial charge is 0.336 e. The van der Waals surface area contributed by atoms with E-state index < -0.39 is 5.54 Å². The van der Waals surface area contributed by atoms with Crippen LogP contribution in [0.25, 0.3) is 0 Å². The molecule has 1 aliphatic rings. The summed E-state index contributed by atoms with van der Waals surface area (Å²) in [5, 5.41) is 2.75. The monoisotopic (exact) mass is 303 g/mol. The third-order valence-electron chi connectivity index (χ3n) is 4.04. The van der Waals surface area contributed by atoms with E-state index in [0.29, 0.717) is 17.3 Å². The molecule has 22 heavy (non-hydrogen) atoms. The molecule has 0 bridgehead atoms. The van der Waals surface area contributed by atoms with Crippen LogP contribution in [0.2, 0.25) is 0 Å². The number of nitrogens with zero attached hydrogens (tertiary/aromatic N) is 1. The minimum Gasteiger partial charge on any atom is -0.336 e. The van der Waals surface area contributed by atoms with Crippen LogP contribution in [0.5, 0.6) is 0 Å². The van der Waals surface area contributed by atoms with Crippen molar-refractivity contribution in [2.45, 2.75) is 51.6 Å². The lowest BCUT2D eigenvalue weighted by Gasteiger charge is -2.33. The van der Waals surface area contributed by atoms with Gasteiger partial charge in [-0.05, 0) is 64.3 Å². The van der Waals surface area contributed by atoms with Gasteiger partial charge in [0.2, 0.25) is 5.91 Å². The zero-order valence-corrected chi connectivity index (χ0v) is 13.6. The van der Waals surface area contributed by atoms with Crippen molar-refractivity contribution in [3.05, 3.63) is 29.8 Å². The van der Waals surface area contributed by atoms with Gasteiger partial charge in [0.25, 0.3) is 5.91 Å². The molecular formula is C17H25N3O2. The van der Waals surface area contributed by atoms with Crippen molar-refractivity contribution in [1.29, 1.82) is 0 Å². The van der Waals surface area contributed by atoms with Gasteiger partial charge >= 0.3 is 0 Å². The second kappa shape index (κ2) is 6.48. The maximum absolute atomic E-state index is 12.5. The molecular weight excluding hydrogens is 278 g/mol. The number of likely N-dealkylation sites (tertiary alicyclic amines) is 1. The highest BCUT2D eigenvalue weighted by atomic mass is 16.2. The Bertz CT molecular complexity index is 546. The molecule has 5 heteroatoms. The quantitative estimate of drug-likeness (QED) is 0.900. The number of hydrogen-bond donors (Lipinski definition) is 2. The molecule has 120 valence electrons. The zero-order valence-electron chi connectivity index (χ0n) is 13.6. The van der Waals surface area contributed by atoms with E-state index in [0.717, 1.165) is 19.4 Å². The maximum atomic E-state index is 12.5. The first-order chi connectivity index (χ1) is 10.3. The molecule has 1 fully saturated rings. The van der Waals surface area contributed by atoms with Crippen molar-refractivity contribution in [3.63, 3.8) is 0 Å². The zero-order chi connectivity index (χ0) is 16.3. The average Bonchev–Trinajstić information content (AvgIpc) is 2.47. The predicted molar refractivity (Wildman–Crippen MR) is 87.7 cm³/mol. The van der Waals surface area contributed by atoms with E-state index in [2.05, 4.69) is 12.2 Å². The van der Waals surface area contributed by atoms with Crippen LogP contribution in [-0.4, -0.2) is 34.8 Å². The molecule has 0 aromatic heterocycles. The summed E-state index contributed by atoms with van der Waals surface area (Å²) in [5.74, 6) is -0.194. The molecule has 1 aromatic rings. The van der Waals surface area contributed by atoms with Crippen molar-refractivity contribution < 1.29 is 9.59 Å². The van der Waals surface area contributed by atoms with Crippen LogP contribution in [-0.2, 0) is 4.79 Å². The highest BCUT2D eigenvalue weighted by Gasteiger charge is 2.24. The number of piperidine rings is 1. The molecule has 1 aromatic carbocycles. The molecule has 1 aliphatic heterocycles. The van der Waals surface area contributed by atoms with E-state index >= 15 is 0 Å². The summed E-state index contributed by atoms with van der Waals surface area (Å²) in [6, 6.07) is 7.28. The van der Waals surface area contributed by atoms with Crippen molar-refractivity contribution in [2.24, 2.45) is 5.73 Å². The van der Waals surface area contributed by atoms with Gasteiger partial charge in [-0.3, -0.25) is 9.59 Å². The molecule has 5 nitrogen and oxygen atoms in total. The Kier molecular flexibility index (Phi) is 4.86. The fraction of sp³-hybridized carbons (Fsp3) is 0.529. The lowest BCUT2D eigenvalue weighted by molar-refractivity contribution is -0.120. The van der Waals surface area contributed by atoms with Crippen molar-refractivity contribution in [3.8, 4) is 0 Å². The first-order valence-electron chi connectivity index (χ1n) is 7.80. The number of nitrogens with two attached hydrogens (primary N) is 1. The standard InChI is InChI=1S/C17H25N3O2/c1-12-6-4-5-11-20(12)15(21)13-7-9-14(10-8-13)19-16(22)17(2,3)18/h7-10,12H,4-6,11,18H2,1-3H3,(H,19,22). The highest BCUT2D eigenvalue weighted by Crippen LogP contribution is 2.20. The van der Waals surface area contributed by atoms with E-state index in [1.807, 2.05) is 4.90 Å². The minimum absolute atomic E-state index is 0.0595. The molecule has 1 saturated heterocycles. The summed E-state index contributed by atoms with van der Waals surface area (Å²) < 4.78 is 0. The van der Waals surface area contributed by atoms with Gasteiger partial charge in [0.15, 0.2) is 0 Å². The van der Waals surface area contributed by atoms with Gasteiger partial charge in [-0.15, -0.1) is 0 Å². The molecule has 2 amide bonds. The average molecular weight is 303 g/mol. The second-order valence-corrected chi connectivity index (χ2v) is 6.60. The van der Waals surface area contributed by atoms with E-state index in [4.69, 9.17) is 5.73 Å². The van der Waals surface area contributed by atoms with Crippen LogP contribution in [0.3, 0.4) is 0 Å². The van der Waals surface area contributed by atoms with Crippen molar-refractivity contribution in [1.82, 2.24) is 4.90 Å². The Hall–Kier alpha value is -1.88. The van der Waals surface area contributed by atoms with Crippen LogP contribution >= 0.6 is 0 Å². The minimum atomic E-state index is -0.933. The maximum Gasteiger partial charge on any atom is 0.254 e. The molecule has 1 heterocycles. The summed E-state index contributed by atoms with van der Waals surface area (Å²) in [6.07, 6.45) is 3.31. The first kappa shape index (κ1) is 16.5.